The maximum atomic E-state index is 11.5. The topological polar surface area (TPSA) is 63.6 Å². The first-order chi connectivity index (χ1) is 8.72. The number of nitrogens with zero attached hydrogens (tertiary/aromatic N) is 3. The summed E-state index contributed by atoms with van der Waals surface area (Å²) < 4.78 is 1.97. The van der Waals surface area contributed by atoms with Gasteiger partial charge in [0.1, 0.15) is 5.69 Å². The minimum Gasteiger partial charge on any atom is -0.333 e. The summed E-state index contributed by atoms with van der Waals surface area (Å²) in [5, 5.41) is 0. The number of aromatic amines is 1. The van der Waals surface area contributed by atoms with E-state index in [2.05, 4.69) is 15.0 Å². The van der Waals surface area contributed by atoms with Crippen molar-refractivity contribution in [3.63, 3.8) is 0 Å². The standard InChI is InChI=1S/C13H12N4O/c1-9-13(18)16-12-6-10(2-3-11(12)15-9)7-17-5-4-14-8-17/h2-6,8H,7H2,1H3,(H,16,18). The van der Waals surface area contributed by atoms with Crippen molar-refractivity contribution in [2.24, 2.45) is 0 Å². The number of rotatable bonds is 2. The van der Waals surface area contributed by atoms with E-state index in [9.17, 15) is 4.79 Å². The normalized spacial score (nSPS) is 10.9. The molecule has 5 heteroatoms. The molecule has 0 unspecified atom stereocenters. The molecule has 0 bridgehead atoms. The summed E-state index contributed by atoms with van der Waals surface area (Å²) in [6.45, 7) is 2.43. The average molecular weight is 240 g/mol. The molecule has 90 valence electrons. The molecule has 0 aliphatic carbocycles. The highest BCUT2D eigenvalue weighted by molar-refractivity contribution is 5.74. The van der Waals surface area contributed by atoms with Gasteiger partial charge < -0.3 is 9.55 Å². The second-order valence-corrected chi connectivity index (χ2v) is 4.24. The van der Waals surface area contributed by atoms with Crippen molar-refractivity contribution in [1.29, 1.82) is 0 Å². The van der Waals surface area contributed by atoms with Gasteiger partial charge in [-0.1, -0.05) is 6.07 Å². The predicted octanol–water partition coefficient (Wildman–Crippen LogP) is 1.48. The molecular weight excluding hydrogens is 228 g/mol. The molecule has 0 saturated heterocycles. The molecule has 2 heterocycles. The van der Waals surface area contributed by atoms with Crippen LogP contribution in [0, 0.1) is 6.92 Å². The predicted molar refractivity (Wildman–Crippen MR) is 68.4 cm³/mol. The molecule has 0 atom stereocenters. The first-order valence-electron chi connectivity index (χ1n) is 5.68. The van der Waals surface area contributed by atoms with Gasteiger partial charge in [0, 0.05) is 18.9 Å². The SMILES string of the molecule is Cc1nc2ccc(Cn3ccnc3)cc2[nH]c1=O. The number of H-pyrrole nitrogens is 1. The van der Waals surface area contributed by atoms with E-state index >= 15 is 0 Å². The van der Waals surface area contributed by atoms with Gasteiger partial charge in [-0.05, 0) is 24.6 Å². The molecule has 1 N–H and O–H groups in total. The van der Waals surface area contributed by atoms with Crippen molar-refractivity contribution < 1.29 is 0 Å². The third-order valence-electron chi connectivity index (χ3n) is 2.85. The maximum Gasteiger partial charge on any atom is 0.269 e. The smallest absolute Gasteiger partial charge is 0.269 e. The number of fused-ring (bicyclic) bond motifs is 1. The number of imidazole rings is 1. The van der Waals surface area contributed by atoms with Crippen LogP contribution in [0.2, 0.25) is 0 Å². The van der Waals surface area contributed by atoms with E-state index in [1.54, 1.807) is 19.4 Å². The Kier molecular flexibility index (Phi) is 2.44. The molecule has 3 aromatic rings. The Balaban J connectivity index is 2.05. The van der Waals surface area contributed by atoms with Crippen molar-refractivity contribution in [3.8, 4) is 0 Å². The summed E-state index contributed by atoms with van der Waals surface area (Å²) in [5.41, 5.74) is 3.03. The Morgan fingerprint density at radius 3 is 3.06 bits per heavy atom. The van der Waals surface area contributed by atoms with Gasteiger partial charge in [0.2, 0.25) is 0 Å². The number of aromatic nitrogens is 4. The Labute approximate surface area is 103 Å². The van der Waals surface area contributed by atoms with E-state index in [4.69, 9.17) is 0 Å². The monoisotopic (exact) mass is 240 g/mol. The molecule has 5 nitrogen and oxygen atoms in total. The fraction of sp³-hybridized carbons (Fsp3) is 0.154. The van der Waals surface area contributed by atoms with Gasteiger partial charge in [0.25, 0.3) is 5.56 Å². The van der Waals surface area contributed by atoms with Crippen molar-refractivity contribution in [2.75, 3.05) is 0 Å². The summed E-state index contributed by atoms with van der Waals surface area (Å²) in [4.78, 5) is 22.6. The largest absolute Gasteiger partial charge is 0.333 e. The van der Waals surface area contributed by atoms with Crippen LogP contribution in [0.5, 0.6) is 0 Å². The first-order valence-corrected chi connectivity index (χ1v) is 5.68. The van der Waals surface area contributed by atoms with Crippen molar-refractivity contribution >= 4 is 11.0 Å². The molecule has 1 aromatic carbocycles. The molecule has 0 spiro atoms. The lowest BCUT2D eigenvalue weighted by Gasteiger charge is -2.04. The molecule has 0 fully saturated rings. The second-order valence-electron chi connectivity index (χ2n) is 4.24. The zero-order valence-corrected chi connectivity index (χ0v) is 9.92. The van der Waals surface area contributed by atoms with Crippen LogP contribution < -0.4 is 5.56 Å². The highest BCUT2D eigenvalue weighted by Gasteiger charge is 2.02. The van der Waals surface area contributed by atoms with Crippen LogP contribution >= 0.6 is 0 Å². The highest BCUT2D eigenvalue weighted by atomic mass is 16.1. The van der Waals surface area contributed by atoms with Gasteiger partial charge in [0.05, 0.1) is 17.4 Å². The highest BCUT2D eigenvalue weighted by Crippen LogP contribution is 2.11. The Morgan fingerprint density at radius 1 is 1.39 bits per heavy atom. The van der Waals surface area contributed by atoms with Crippen LogP contribution in [0.25, 0.3) is 11.0 Å². The molecule has 18 heavy (non-hydrogen) atoms. The zero-order chi connectivity index (χ0) is 12.5. The van der Waals surface area contributed by atoms with Gasteiger partial charge >= 0.3 is 0 Å². The molecule has 3 rings (SSSR count). The lowest BCUT2D eigenvalue weighted by atomic mass is 10.2. The minimum atomic E-state index is -0.137. The summed E-state index contributed by atoms with van der Waals surface area (Å²) in [5.74, 6) is 0. The number of hydrogen-bond donors (Lipinski definition) is 1. The summed E-state index contributed by atoms with van der Waals surface area (Å²) in [6.07, 6.45) is 5.41. The summed E-state index contributed by atoms with van der Waals surface area (Å²) >= 11 is 0. The Bertz CT molecular complexity index is 743. The van der Waals surface area contributed by atoms with Gasteiger partial charge in [0.15, 0.2) is 0 Å². The summed E-state index contributed by atoms with van der Waals surface area (Å²) in [6, 6.07) is 5.88. The first kappa shape index (κ1) is 10.7. The van der Waals surface area contributed by atoms with Crippen LogP contribution in [0.3, 0.4) is 0 Å². The third kappa shape index (κ3) is 1.90. The maximum absolute atomic E-state index is 11.5. The summed E-state index contributed by atoms with van der Waals surface area (Å²) in [7, 11) is 0. The fourth-order valence-electron chi connectivity index (χ4n) is 1.91. The van der Waals surface area contributed by atoms with Gasteiger partial charge in [-0.15, -0.1) is 0 Å². The second kappa shape index (κ2) is 4.10. The number of aryl methyl sites for hydroxylation is 1. The van der Waals surface area contributed by atoms with E-state index in [0.717, 1.165) is 23.1 Å². The zero-order valence-electron chi connectivity index (χ0n) is 9.92. The van der Waals surface area contributed by atoms with Gasteiger partial charge in [-0.25, -0.2) is 9.97 Å². The third-order valence-corrected chi connectivity index (χ3v) is 2.85. The van der Waals surface area contributed by atoms with E-state index in [0.29, 0.717) is 5.69 Å². The van der Waals surface area contributed by atoms with Gasteiger partial charge in [-0.3, -0.25) is 4.79 Å². The van der Waals surface area contributed by atoms with E-state index < -0.39 is 0 Å². The van der Waals surface area contributed by atoms with Crippen LogP contribution in [-0.2, 0) is 6.54 Å². The molecule has 0 radical (unpaired) electrons. The van der Waals surface area contributed by atoms with Crippen molar-refractivity contribution in [3.05, 3.63) is 58.5 Å². The number of hydrogen-bond acceptors (Lipinski definition) is 3. The molecule has 0 aliphatic rings. The van der Waals surface area contributed by atoms with Gasteiger partial charge in [-0.2, -0.15) is 0 Å². The number of benzene rings is 1. The van der Waals surface area contributed by atoms with Crippen LogP contribution in [0.15, 0.2) is 41.7 Å². The van der Waals surface area contributed by atoms with E-state index in [1.165, 1.54) is 0 Å². The van der Waals surface area contributed by atoms with Crippen LogP contribution in [0.4, 0.5) is 0 Å². The molecule has 0 saturated carbocycles. The van der Waals surface area contributed by atoms with Crippen molar-refractivity contribution in [2.45, 2.75) is 13.5 Å². The lowest BCUT2D eigenvalue weighted by Crippen LogP contribution is -2.11. The Hall–Kier alpha value is -2.43. The van der Waals surface area contributed by atoms with Crippen LogP contribution in [-0.4, -0.2) is 19.5 Å². The molecular formula is C13H12N4O. The molecule has 2 aromatic heterocycles. The van der Waals surface area contributed by atoms with E-state index in [1.807, 2.05) is 29.0 Å². The quantitative estimate of drug-likeness (QED) is 0.737. The minimum absolute atomic E-state index is 0.137. The molecule has 0 amide bonds. The average Bonchev–Trinajstić information content (AvgIpc) is 2.84. The number of nitrogens with one attached hydrogen (secondary N) is 1. The van der Waals surface area contributed by atoms with Crippen LogP contribution in [0.1, 0.15) is 11.3 Å². The van der Waals surface area contributed by atoms with E-state index in [-0.39, 0.29) is 5.56 Å². The Morgan fingerprint density at radius 2 is 2.28 bits per heavy atom. The lowest BCUT2D eigenvalue weighted by molar-refractivity contribution is 0.798. The molecule has 0 aliphatic heterocycles. The van der Waals surface area contributed by atoms with Crippen molar-refractivity contribution in [1.82, 2.24) is 19.5 Å². The fourth-order valence-corrected chi connectivity index (χ4v) is 1.91.